The summed E-state index contributed by atoms with van der Waals surface area (Å²) in [4.78, 5) is 16.2. The fourth-order valence-corrected chi connectivity index (χ4v) is 1.83. The highest BCUT2D eigenvalue weighted by Crippen LogP contribution is 2.10. The van der Waals surface area contributed by atoms with E-state index in [-0.39, 0.29) is 5.97 Å². The summed E-state index contributed by atoms with van der Waals surface area (Å²) in [6, 6.07) is 0. The average Bonchev–Trinajstić information content (AvgIpc) is 2.52. The van der Waals surface area contributed by atoms with E-state index < -0.39 is 0 Å². The molecule has 0 spiro atoms. The largest absolute Gasteiger partial charge is 0.335 e. The molecule has 0 aliphatic carbocycles. The first kappa shape index (κ1) is 20.1. The van der Waals surface area contributed by atoms with E-state index in [1.807, 2.05) is 18.2 Å². The van der Waals surface area contributed by atoms with Crippen LogP contribution in [0.5, 0.6) is 0 Å². The lowest BCUT2D eigenvalue weighted by Crippen LogP contribution is -1.99. The molecule has 22 heavy (non-hydrogen) atoms. The average molecular weight is 303 g/mol. The lowest BCUT2D eigenvalue weighted by Gasteiger charge is -2.01. The lowest BCUT2D eigenvalue weighted by molar-refractivity contribution is -0.143. The zero-order valence-corrected chi connectivity index (χ0v) is 13.8. The molecule has 0 N–H and O–H groups in total. The van der Waals surface area contributed by atoms with E-state index in [2.05, 4.69) is 31.3 Å². The van der Waals surface area contributed by atoms with Gasteiger partial charge in [-0.25, -0.2) is 4.79 Å². The minimum atomic E-state index is -0.277. The molecule has 0 aliphatic heterocycles. The van der Waals surface area contributed by atoms with Crippen LogP contribution in [0.15, 0.2) is 54.3 Å². The Morgan fingerprint density at radius 3 is 2.64 bits per heavy atom. The van der Waals surface area contributed by atoms with Gasteiger partial charge in [-0.2, -0.15) is 0 Å². The quantitative estimate of drug-likeness (QED) is 0.112. The molecule has 0 aromatic heterocycles. The van der Waals surface area contributed by atoms with Gasteiger partial charge in [0.05, 0.1) is 0 Å². The Kier molecular flexibility index (Phi) is 14.2. The number of allylic oxidation sites excluding steroid dienone is 6. The molecule has 0 radical (unpaired) electrons. The Bertz CT molecular complexity index is 406. The van der Waals surface area contributed by atoms with Crippen molar-refractivity contribution in [1.82, 2.24) is 0 Å². The van der Waals surface area contributed by atoms with Gasteiger partial charge in [0.1, 0.15) is 0 Å². The first-order valence-electron chi connectivity index (χ1n) is 8.02. The number of nitrogens with zero attached hydrogens (tertiary/aromatic N) is 1. The molecular weight excluding hydrogens is 274 g/mol. The normalized spacial score (nSPS) is 12.0. The molecule has 3 nitrogen and oxygen atoms in total. The first-order chi connectivity index (χ1) is 10.7. The van der Waals surface area contributed by atoms with Crippen LogP contribution in [0.3, 0.4) is 0 Å². The van der Waals surface area contributed by atoms with Gasteiger partial charge in [0.25, 0.3) is 0 Å². The molecule has 0 bridgehead atoms. The summed E-state index contributed by atoms with van der Waals surface area (Å²) in [6.45, 7) is 9.45. The molecule has 0 unspecified atom stereocenters. The van der Waals surface area contributed by atoms with Crippen molar-refractivity contribution in [2.24, 2.45) is 5.16 Å². The number of rotatable bonds is 13. The van der Waals surface area contributed by atoms with Crippen molar-refractivity contribution in [2.75, 3.05) is 0 Å². The molecule has 0 aliphatic rings. The Labute approximate surface area is 135 Å². The number of oxime groups is 1. The first-order valence-corrected chi connectivity index (χ1v) is 8.02. The van der Waals surface area contributed by atoms with Crippen LogP contribution < -0.4 is 0 Å². The molecule has 0 rings (SSSR count). The summed E-state index contributed by atoms with van der Waals surface area (Å²) in [5, 5.41) is 3.74. The molecule has 0 aromatic carbocycles. The van der Waals surface area contributed by atoms with E-state index in [9.17, 15) is 4.79 Å². The van der Waals surface area contributed by atoms with Crippen molar-refractivity contribution in [1.29, 1.82) is 0 Å². The number of unbranched alkanes of at least 4 members (excludes halogenated alkanes) is 2. The second kappa shape index (κ2) is 15.5. The molecule has 0 atom stereocenters. The van der Waals surface area contributed by atoms with Gasteiger partial charge in [-0.3, -0.25) is 0 Å². The predicted octanol–water partition coefficient (Wildman–Crippen LogP) is 5.51. The molecular formula is C19H29NO2. The smallest absolute Gasteiger partial charge is 0.319 e. The highest BCUT2D eigenvalue weighted by molar-refractivity contribution is 5.70. The zero-order valence-electron chi connectivity index (χ0n) is 13.8. The number of carbonyl (C=O) groups is 1. The van der Waals surface area contributed by atoms with Crippen LogP contribution in [-0.4, -0.2) is 12.2 Å². The van der Waals surface area contributed by atoms with Crippen LogP contribution in [0.2, 0.25) is 0 Å². The van der Waals surface area contributed by atoms with Crippen LogP contribution in [-0.2, 0) is 9.63 Å². The topological polar surface area (TPSA) is 38.7 Å². The summed E-state index contributed by atoms with van der Waals surface area (Å²) < 4.78 is 0. The molecule has 0 saturated heterocycles. The molecule has 0 heterocycles. The Balaban J connectivity index is 3.77. The Morgan fingerprint density at radius 2 is 1.95 bits per heavy atom. The van der Waals surface area contributed by atoms with E-state index >= 15 is 0 Å². The fourth-order valence-electron chi connectivity index (χ4n) is 1.83. The van der Waals surface area contributed by atoms with Crippen LogP contribution in [0.25, 0.3) is 0 Å². The minimum Gasteiger partial charge on any atom is -0.319 e. The molecule has 122 valence electrons. The summed E-state index contributed by atoms with van der Waals surface area (Å²) in [5.41, 5.74) is 1.41. The van der Waals surface area contributed by atoms with Crippen molar-refractivity contribution >= 4 is 12.2 Å². The number of hydrogen-bond acceptors (Lipinski definition) is 3. The van der Waals surface area contributed by atoms with E-state index in [4.69, 9.17) is 4.84 Å². The van der Waals surface area contributed by atoms with Gasteiger partial charge < -0.3 is 4.84 Å². The Hall–Kier alpha value is -1.90. The third-order valence-electron chi connectivity index (χ3n) is 3.11. The van der Waals surface area contributed by atoms with Crippen molar-refractivity contribution < 1.29 is 9.63 Å². The third kappa shape index (κ3) is 13.1. The van der Waals surface area contributed by atoms with E-state index in [1.54, 1.807) is 12.3 Å². The summed E-state index contributed by atoms with van der Waals surface area (Å²) in [5.74, 6) is -0.277. The SMILES string of the molecule is C=C/C=C\CCCC(=O)O/N=C\CC/C(=C/CCC=C)CC. The minimum absolute atomic E-state index is 0.277. The standard InChI is InChI=1S/C19H29NO2/c1-4-7-9-10-12-16-19(21)22-20-17-13-15-18(6-3)14-11-8-5-2/h4-5,7,9,14,17H,1-2,6,8,10-13,15-16H2,3H3/b9-7-,18-14+,20-17-. The maximum absolute atomic E-state index is 11.4. The van der Waals surface area contributed by atoms with Gasteiger partial charge in [0.15, 0.2) is 0 Å². The summed E-state index contributed by atoms with van der Waals surface area (Å²) in [7, 11) is 0. The van der Waals surface area contributed by atoms with Crippen LogP contribution >= 0.6 is 0 Å². The highest BCUT2D eigenvalue weighted by atomic mass is 16.7. The van der Waals surface area contributed by atoms with Gasteiger partial charge >= 0.3 is 5.97 Å². The molecule has 0 saturated carbocycles. The second-order valence-electron chi connectivity index (χ2n) is 4.93. The predicted molar refractivity (Wildman–Crippen MR) is 94.8 cm³/mol. The Morgan fingerprint density at radius 1 is 1.14 bits per heavy atom. The highest BCUT2D eigenvalue weighted by Gasteiger charge is 2.00. The maximum atomic E-state index is 11.4. The van der Waals surface area contributed by atoms with Crippen LogP contribution in [0.4, 0.5) is 0 Å². The molecule has 0 amide bonds. The van der Waals surface area contributed by atoms with E-state index in [1.165, 1.54) is 5.57 Å². The van der Waals surface area contributed by atoms with Gasteiger partial charge in [-0.1, -0.05) is 54.6 Å². The zero-order chi connectivity index (χ0) is 16.5. The fraction of sp³-hybridized carbons (Fsp3) is 0.474. The van der Waals surface area contributed by atoms with Crippen LogP contribution in [0.1, 0.15) is 58.3 Å². The number of carbonyl (C=O) groups excluding carboxylic acids is 1. The van der Waals surface area contributed by atoms with Crippen molar-refractivity contribution in [3.05, 3.63) is 49.1 Å². The van der Waals surface area contributed by atoms with Gasteiger partial charge in [0.2, 0.25) is 0 Å². The molecule has 0 aromatic rings. The van der Waals surface area contributed by atoms with Gasteiger partial charge in [0, 0.05) is 12.6 Å². The third-order valence-corrected chi connectivity index (χ3v) is 3.11. The maximum Gasteiger partial charge on any atom is 0.335 e. The van der Waals surface area contributed by atoms with Crippen molar-refractivity contribution in [3.8, 4) is 0 Å². The van der Waals surface area contributed by atoms with Gasteiger partial charge in [-0.05, 0) is 44.9 Å². The van der Waals surface area contributed by atoms with E-state index in [0.29, 0.717) is 6.42 Å². The summed E-state index contributed by atoms with van der Waals surface area (Å²) >= 11 is 0. The molecule has 0 fully saturated rings. The monoisotopic (exact) mass is 303 g/mol. The van der Waals surface area contributed by atoms with Gasteiger partial charge in [-0.15, -0.1) is 6.58 Å². The number of hydrogen-bond donors (Lipinski definition) is 0. The van der Waals surface area contributed by atoms with Crippen LogP contribution in [0, 0.1) is 0 Å². The molecule has 3 heteroatoms. The lowest BCUT2D eigenvalue weighted by atomic mass is 10.1. The van der Waals surface area contributed by atoms with Crippen molar-refractivity contribution in [3.63, 3.8) is 0 Å². The second-order valence-corrected chi connectivity index (χ2v) is 4.93. The van der Waals surface area contributed by atoms with Crippen molar-refractivity contribution in [2.45, 2.75) is 58.3 Å². The summed E-state index contributed by atoms with van der Waals surface area (Å²) in [6.07, 6.45) is 18.3. The van der Waals surface area contributed by atoms with E-state index in [0.717, 1.165) is 44.9 Å².